The molecular formula is C22H29N3O2. The zero-order chi connectivity index (χ0) is 19.3. The Balaban J connectivity index is 1.55. The maximum Gasteiger partial charge on any atom is 0.343 e. The quantitative estimate of drug-likeness (QED) is 0.499. The number of nitrogens with zero attached hydrogens (tertiary/aromatic N) is 2. The average Bonchev–Trinajstić information content (AvgIpc) is 2.71. The molecule has 2 aromatic rings. The molecule has 1 atom stereocenters. The zero-order valence-electron chi connectivity index (χ0n) is 15.9. The first-order valence-corrected chi connectivity index (χ1v) is 9.42. The van der Waals surface area contributed by atoms with Crippen LogP contribution in [-0.4, -0.2) is 48.5 Å². The molecule has 0 aliphatic heterocycles. The largest absolute Gasteiger partial charge is 0.392 e. The molecule has 0 radical (unpaired) electrons. The lowest BCUT2D eigenvalue weighted by molar-refractivity contribution is 0.156. The van der Waals surface area contributed by atoms with Gasteiger partial charge in [-0.15, -0.1) is 0 Å². The summed E-state index contributed by atoms with van der Waals surface area (Å²) < 4.78 is 0. The second-order valence-electron chi connectivity index (χ2n) is 6.64. The predicted octanol–water partition coefficient (Wildman–Crippen LogP) is 3.48. The number of carbonyl (C=O) groups is 1. The number of aliphatic hydroxyl groups is 1. The van der Waals surface area contributed by atoms with Crippen LogP contribution in [0, 0.1) is 0 Å². The summed E-state index contributed by atoms with van der Waals surface area (Å²) >= 11 is 0. The predicted molar refractivity (Wildman–Crippen MR) is 110 cm³/mol. The Morgan fingerprint density at radius 3 is 2.48 bits per heavy atom. The van der Waals surface area contributed by atoms with Gasteiger partial charge in [0.05, 0.1) is 6.10 Å². The molecule has 1 unspecified atom stereocenters. The van der Waals surface area contributed by atoms with Gasteiger partial charge in [0.25, 0.3) is 0 Å². The fourth-order valence-corrected chi connectivity index (χ4v) is 2.67. The molecular weight excluding hydrogens is 338 g/mol. The first kappa shape index (κ1) is 20.8. The molecule has 0 aliphatic rings. The van der Waals surface area contributed by atoms with Gasteiger partial charge in [-0.3, -0.25) is 0 Å². The summed E-state index contributed by atoms with van der Waals surface area (Å²) in [6, 6.07) is 19.5. The van der Waals surface area contributed by atoms with Crippen molar-refractivity contribution < 1.29 is 9.90 Å². The van der Waals surface area contributed by atoms with E-state index in [0.29, 0.717) is 13.1 Å². The summed E-state index contributed by atoms with van der Waals surface area (Å²) in [6.45, 7) is 1.97. The first-order chi connectivity index (χ1) is 13.1. The number of carbonyl (C=O) groups excluding carboxylic acids is 1. The normalized spacial score (nSPS) is 12.2. The molecule has 27 heavy (non-hydrogen) atoms. The van der Waals surface area contributed by atoms with Crippen molar-refractivity contribution in [3.63, 3.8) is 0 Å². The van der Waals surface area contributed by atoms with Crippen LogP contribution in [0.25, 0.3) is 0 Å². The van der Waals surface area contributed by atoms with Gasteiger partial charge >= 0.3 is 6.03 Å². The van der Waals surface area contributed by atoms with Gasteiger partial charge < -0.3 is 15.3 Å². The van der Waals surface area contributed by atoms with E-state index in [-0.39, 0.29) is 12.1 Å². The van der Waals surface area contributed by atoms with Gasteiger partial charge in [0.15, 0.2) is 0 Å². The molecule has 5 nitrogen and oxygen atoms in total. The number of amides is 2. The molecule has 144 valence electrons. The third kappa shape index (κ3) is 8.62. The van der Waals surface area contributed by atoms with Crippen molar-refractivity contribution in [1.82, 2.24) is 10.2 Å². The van der Waals surface area contributed by atoms with E-state index in [1.807, 2.05) is 48.5 Å². The maximum absolute atomic E-state index is 12.0. The second-order valence-corrected chi connectivity index (χ2v) is 6.64. The molecule has 0 spiro atoms. The summed E-state index contributed by atoms with van der Waals surface area (Å²) in [5.41, 5.74) is 2.12. The summed E-state index contributed by atoms with van der Waals surface area (Å²) in [5, 5.41) is 13.3. The Kier molecular flexibility index (Phi) is 9.24. The third-order valence-electron chi connectivity index (χ3n) is 4.28. The lowest BCUT2D eigenvalue weighted by atomic mass is 10.1. The van der Waals surface area contributed by atoms with Crippen LogP contribution in [0.1, 0.15) is 30.4 Å². The number of rotatable bonds is 10. The van der Waals surface area contributed by atoms with E-state index in [9.17, 15) is 9.90 Å². The van der Waals surface area contributed by atoms with Crippen molar-refractivity contribution >= 4 is 12.2 Å². The SMILES string of the molecule is CN(CCCCC(O)CNCc1ccccc1)C(=O)N=Cc1ccccc1. The maximum atomic E-state index is 12.0. The van der Waals surface area contributed by atoms with Crippen molar-refractivity contribution in [1.29, 1.82) is 0 Å². The van der Waals surface area contributed by atoms with Crippen LogP contribution in [0.2, 0.25) is 0 Å². The minimum atomic E-state index is -0.370. The Labute approximate surface area is 161 Å². The summed E-state index contributed by atoms with van der Waals surface area (Å²) in [6.07, 6.45) is 3.65. The van der Waals surface area contributed by atoms with Crippen LogP contribution in [0.3, 0.4) is 0 Å². The minimum absolute atomic E-state index is 0.246. The molecule has 0 heterocycles. The van der Waals surface area contributed by atoms with Gasteiger partial charge in [0, 0.05) is 32.9 Å². The number of aliphatic imine (C=N–C) groups is 1. The molecule has 2 rings (SSSR count). The lowest BCUT2D eigenvalue weighted by Gasteiger charge is -2.15. The lowest BCUT2D eigenvalue weighted by Crippen LogP contribution is -2.27. The van der Waals surface area contributed by atoms with Crippen molar-refractivity contribution in [2.75, 3.05) is 20.1 Å². The highest BCUT2D eigenvalue weighted by Gasteiger charge is 2.07. The van der Waals surface area contributed by atoms with Crippen LogP contribution in [0.4, 0.5) is 4.79 Å². The summed E-state index contributed by atoms with van der Waals surface area (Å²) in [7, 11) is 1.75. The molecule has 0 aromatic heterocycles. The number of benzene rings is 2. The Morgan fingerprint density at radius 1 is 1.11 bits per heavy atom. The number of hydrogen-bond acceptors (Lipinski definition) is 3. The number of urea groups is 1. The topological polar surface area (TPSA) is 64.9 Å². The smallest absolute Gasteiger partial charge is 0.343 e. The number of aliphatic hydroxyl groups excluding tert-OH is 1. The van der Waals surface area contributed by atoms with Gasteiger partial charge in [-0.25, -0.2) is 9.79 Å². The molecule has 0 saturated carbocycles. The van der Waals surface area contributed by atoms with Gasteiger partial charge in [0.2, 0.25) is 0 Å². The van der Waals surface area contributed by atoms with Crippen LogP contribution < -0.4 is 5.32 Å². The van der Waals surface area contributed by atoms with Gasteiger partial charge in [-0.2, -0.15) is 0 Å². The molecule has 2 aromatic carbocycles. The highest BCUT2D eigenvalue weighted by Crippen LogP contribution is 2.04. The van der Waals surface area contributed by atoms with E-state index in [0.717, 1.165) is 31.4 Å². The van der Waals surface area contributed by atoms with Crippen molar-refractivity contribution in [2.45, 2.75) is 31.9 Å². The van der Waals surface area contributed by atoms with Gasteiger partial charge in [-0.1, -0.05) is 60.7 Å². The van der Waals surface area contributed by atoms with E-state index < -0.39 is 0 Å². The number of hydrogen-bond donors (Lipinski definition) is 2. The molecule has 0 saturated heterocycles. The average molecular weight is 367 g/mol. The van der Waals surface area contributed by atoms with Gasteiger partial charge in [0.1, 0.15) is 0 Å². The Morgan fingerprint density at radius 2 is 1.78 bits per heavy atom. The fraction of sp³-hybridized carbons (Fsp3) is 0.364. The standard InChI is InChI=1S/C22H29N3O2/c1-25(22(27)24-17-20-12-6-3-7-13-20)15-9-8-14-21(26)18-23-16-19-10-4-2-5-11-19/h2-7,10-13,17,21,23,26H,8-9,14-16,18H2,1H3. The third-order valence-corrected chi connectivity index (χ3v) is 4.28. The molecule has 2 amide bonds. The van der Waals surface area contributed by atoms with Crippen LogP contribution in [0.5, 0.6) is 0 Å². The molecule has 0 fully saturated rings. The molecule has 2 N–H and O–H groups in total. The first-order valence-electron chi connectivity index (χ1n) is 9.42. The fourth-order valence-electron chi connectivity index (χ4n) is 2.67. The molecule has 5 heteroatoms. The highest BCUT2D eigenvalue weighted by atomic mass is 16.3. The molecule has 0 aliphatic carbocycles. The summed E-state index contributed by atoms with van der Waals surface area (Å²) in [5.74, 6) is 0. The van der Waals surface area contributed by atoms with Crippen molar-refractivity contribution in [3.8, 4) is 0 Å². The highest BCUT2D eigenvalue weighted by molar-refractivity contribution is 5.90. The molecule has 0 bridgehead atoms. The minimum Gasteiger partial charge on any atom is -0.392 e. The van der Waals surface area contributed by atoms with E-state index in [2.05, 4.69) is 22.4 Å². The van der Waals surface area contributed by atoms with Crippen molar-refractivity contribution in [2.24, 2.45) is 4.99 Å². The monoisotopic (exact) mass is 367 g/mol. The number of unbranched alkanes of at least 4 members (excludes halogenated alkanes) is 1. The van der Waals surface area contributed by atoms with Crippen LogP contribution >= 0.6 is 0 Å². The second kappa shape index (κ2) is 12.0. The Hall–Kier alpha value is -2.50. The van der Waals surface area contributed by atoms with E-state index in [4.69, 9.17) is 0 Å². The van der Waals surface area contributed by atoms with E-state index in [1.165, 1.54) is 5.56 Å². The summed E-state index contributed by atoms with van der Waals surface area (Å²) in [4.78, 5) is 17.6. The van der Waals surface area contributed by atoms with Crippen LogP contribution in [0.15, 0.2) is 65.7 Å². The zero-order valence-corrected chi connectivity index (χ0v) is 15.9. The van der Waals surface area contributed by atoms with E-state index in [1.54, 1.807) is 18.2 Å². The van der Waals surface area contributed by atoms with Crippen LogP contribution in [-0.2, 0) is 6.54 Å². The van der Waals surface area contributed by atoms with E-state index >= 15 is 0 Å². The number of nitrogens with one attached hydrogen (secondary N) is 1. The van der Waals surface area contributed by atoms with Crippen molar-refractivity contribution in [3.05, 3.63) is 71.8 Å². The Bertz CT molecular complexity index is 689. The van der Waals surface area contributed by atoms with Gasteiger partial charge in [-0.05, 0) is 30.4 Å².